The molecule has 1 aliphatic heterocycles. The molecule has 6 heteroatoms. The summed E-state index contributed by atoms with van der Waals surface area (Å²) in [4.78, 5) is 27.1. The molecule has 1 N–H and O–H groups in total. The first-order valence-electron chi connectivity index (χ1n) is 8.85. The standard InChI is InChI=1S/C23H15BrFNO3/c24-15-10-12-16(13-11-15)26-20(17-8-4-5-9-18(17)25)19(22(28)23(26)29)21(27)14-6-2-1-3-7-14/h1-13,20,27H/b21-19-. The number of rotatable bonds is 3. The van der Waals surface area contributed by atoms with E-state index in [0.29, 0.717) is 11.3 Å². The van der Waals surface area contributed by atoms with Crippen molar-refractivity contribution < 1.29 is 19.1 Å². The maximum atomic E-state index is 14.7. The lowest BCUT2D eigenvalue weighted by Gasteiger charge is -2.25. The van der Waals surface area contributed by atoms with E-state index >= 15 is 0 Å². The lowest BCUT2D eigenvalue weighted by atomic mass is 9.95. The molecule has 1 heterocycles. The van der Waals surface area contributed by atoms with E-state index in [2.05, 4.69) is 15.9 Å². The van der Waals surface area contributed by atoms with E-state index in [1.807, 2.05) is 0 Å². The minimum absolute atomic E-state index is 0.132. The normalized spacial score (nSPS) is 18.3. The smallest absolute Gasteiger partial charge is 0.300 e. The summed E-state index contributed by atoms with van der Waals surface area (Å²) in [6.45, 7) is 0. The second-order valence-electron chi connectivity index (χ2n) is 6.53. The molecule has 1 saturated heterocycles. The maximum absolute atomic E-state index is 14.7. The third-order valence-corrected chi connectivity index (χ3v) is 5.32. The second kappa shape index (κ2) is 7.64. The van der Waals surface area contributed by atoms with Gasteiger partial charge in [-0.05, 0) is 30.3 Å². The first-order chi connectivity index (χ1) is 14.0. The Morgan fingerprint density at radius 1 is 0.897 bits per heavy atom. The van der Waals surface area contributed by atoms with Gasteiger partial charge >= 0.3 is 0 Å². The van der Waals surface area contributed by atoms with E-state index in [1.165, 1.54) is 23.1 Å². The quantitative estimate of drug-likeness (QED) is 0.337. The van der Waals surface area contributed by atoms with Crippen molar-refractivity contribution in [2.75, 3.05) is 4.90 Å². The number of hydrogen-bond donors (Lipinski definition) is 1. The molecule has 3 aromatic carbocycles. The summed E-state index contributed by atoms with van der Waals surface area (Å²) >= 11 is 3.34. The molecule has 0 radical (unpaired) electrons. The molecular weight excluding hydrogens is 437 g/mol. The van der Waals surface area contributed by atoms with Crippen LogP contribution in [0.4, 0.5) is 10.1 Å². The molecule has 1 amide bonds. The second-order valence-corrected chi connectivity index (χ2v) is 7.45. The molecule has 4 nitrogen and oxygen atoms in total. The molecule has 0 aliphatic carbocycles. The number of amides is 1. The molecule has 1 unspecified atom stereocenters. The van der Waals surface area contributed by atoms with Crippen LogP contribution >= 0.6 is 15.9 Å². The number of halogens is 2. The van der Waals surface area contributed by atoms with E-state index in [0.717, 1.165) is 4.47 Å². The molecule has 144 valence electrons. The highest BCUT2D eigenvalue weighted by atomic mass is 79.9. The predicted molar refractivity (Wildman–Crippen MR) is 112 cm³/mol. The minimum Gasteiger partial charge on any atom is -0.507 e. The summed E-state index contributed by atoms with van der Waals surface area (Å²) in [7, 11) is 0. The van der Waals surface area contributed by atoms with Crippen molar-refractivity contribution in [2.45, 2.75) is 6.04 Å². The number of aliphatic hydroxyl groups excluding tert-OH is 1. The highest BCUT2D eigenvalue weighted by Crippen LogP contribution is 2.42. The number of Topliss-reactive ketones (excluding diaryl/α,β-unsaturated/α-hetero) is 1. The Labute approximate surface area is 175 Å². The van der Waals surface area contributed by atoms with Gasteiger partial charge in [0.25, 0.3) is 11.7 Å². The fourth-order valence-electron chi connectivity index (χ4n) is 3.44. The molecule has 0 saturated carbocycles. The third kappa shape index (κ3) is 3.36. The molecule has 3 aromatic rings. The Bertz CT molecular complexity index is 1130. The van der Waals surface area contributed by atoms with Crippen LogP contribution in [-0.4, -0.2) is 16.8 Å². The van der Waals surface area contributed by atoms with Crippen molar-refractivity contribution in [3.8, 4) is 0 Å². The Morgan fingerprint density at radius 3 is 2.17 bits per heavy atom. The summed E-state index contributed by atoms with van der Waals surface area (Å²) < 4.78 is 15.5. The zero-order valence-corrected chi connectivity index (χ0v) is 16.6. The number of ketones is 1. The largest absolute Gasteiger partial charge is 0.507 e. The first kappa shape index (κ1) is 19.1. The zero-order valence-electron chi connectivity index (χ0n) is 15.0. The van der Waals surface area contributed by atoms with Gasteiger partial charge < -0.3 is 5.11 Å². The lowest BCUT2D eigenvalue weighted by Crippen LogP contribution is -2.29. The van der Waals surface area contributed by atoms with E-state index in [1.54, 1.807) is 60.7 Å². The average Bonchev–Trinajstić information content (AvgIpc) is 3.00. The van der Waals surface area contributed by atoms with Crippen molar-refractivity contribution in [3.05, 3.63) is 106 Å². The van der Waals surface area contributed by atoms with Gasteiger partial charge in [-0.15, -0.1) is 0 Å². The SMILES string of the molecule is O=C1C(=O)N(c2ccc(Br)cc2)C(c2ccccc2F)/C1=C(/O)c1ccccc1. The van der Waals surface area contributed by atoms with Crippen LogP contribution in [0.1, 0.15) is 17.2 Å². The van der Waals surface area contributed by atoms with Crippen LogP contribution < -0.4 is 4.90 Å². The fraction of sp³-hybridized carbons (Fsp3) is 0.0435. The Balaban J connectivity index is 1.97. The topological polar surface area (TPSA) is 57.6 Å². The molecule has 1 fully saturated rings. The number of carbonyl (C=O) groups excluding carboxylic acids is 2. The van der Waals surface area contributed by atoms with Gasteiger partial charge in [-0.1, -0.05) is 64.5 Å². The first-order valence-corrected chi connectivity index (χ1v) is 9.64. The Hall–Kier alpha value is -3.25. The van der Waals surface area contributed by atoms with Crippen LogP contribution in [0.15, 0.2) is 88.9 Å². The molecule has 0 aromatic heterocycles. The number of carbonyl (C=O) groups is 2. The lowest BCUT2D eigenvalue weighted by molar-refractivity contribution is -0.132. The van der Waals surface area contributed by atoms with Gasteiger partial charge in [0, 0.05) is 21.3 Å². The molecule has 1 atom stereocenters. The maximum Gasteiger partial charge on any atom is 0.300 e. The predicted octanol–water partition coefficient (Wildman–Crippen LogP) is 5.21. The average molecular weight is 452 g/mol. The van der Waals surface area contributed by atoms with E-state index in [9.17, 15) is 19.1 Å². The van der Waals surface area contributed by atoms with Gasteiger partial charge in [-0.3, -0.25) is 14.5 Å². The summed E-state index contributed by atoms with van der Waals surface area (Å²) in [5.74, 6) is -2.59. The highest BCUT2D eigenvalue weighted by molar-refractivity contribution is 9.10. The third-order valence-electron chi connectivity index (χ3n) is 4.80. The van der Waals surface area contributed by atoms with Gasteiger partial charge in [0.05, 0.1) is 11.6 Å². The number of aliphatic hydroxyl groups is 1. The summed E-state index contributed by atoms with van der Waals surface area (Å²) in [5.41, 5.74) is 0.791. The van der Waals surface area contributed by atoms with E-state index in [4.69, 9.17) is 0 Å². The van der Waals surface area contributed by atoms with Gasteiger partial charge in [0.15, 0.2) is 0 Å². The molecule has 0 bridgehead atoms. The van der Waals surface area contributed by atoms with Crippen LogP contribution in [0.3, 0.4) is 0 Å². The van der Waals surface area contributed by atoms with Gasteiger partial charge in [0.1, 0.15) is 11.6 Å². The van der Waals surface area contributed by atoms with E-state index < -0.39 is 23.5 Å². The van der Waals surface area contributed by atoms with Gasteiger partial charge in [-0.25, -0.2) is 4.39 Å². The summed E-state index contributed by atoms with van der Waals surface area (Å²) in [6.07, 6.45) is 0. The fourth-order valence-corrected chi connectivity index (χ4v) is 3.71. The zero-order chi connectivity index (χ0) is 20.5. The van der Waals surface area contributed by atoms with Crippen molar-refractivity contribution in [1.82, 2.24) is 0 Å². The minimum atomic E-state index is -1.09. The molecule has 29 heavy (non-hydrogen) atoms. The number of benzene rings is 3. The van der Waals surface area contributed by atoms with Crippen molar-refractivity contribution in [3.63, 3.8) is 0 Å². The van der Waals surface area contributed by atoms with Gasteiger partial charge in [-0.2, -0.15) is 0 Å². The molecule has 4 rings (SSSR count). The van der Waals surface area contributed by atoms with E-state index in [-0.39, 0.29) is 16.9 Å². The number of nitrogens with zero attached hydrogens (tertiary/aromatic N) is 1. The number of hydrogen-bond acceptors (Lipinski definition) is 3. The van der Waals surface area contributed by atoms with Gasteiger partial charge in [0.2, 0.25) is 0 Å². The Kier molecular flexibility index (Phi) is 5.03. The van der Waals surface area contributed by atoms with Crippen LogP contribution in [0.2, 0.25) is 0 Å². The summed E-state index contributed by atoms with van der Waals surface area (Å²) in [5, 5.41) is 10.9. The summed E-state index contributed by atoms with van der Waals surface area (Å²) in [6, 6.07) is 20.0. The van der Waals surface area contributed by atoms with Crippen LogP contribution in [-0.2, 0) is 9.59 Å². The molecule has 1 aliphatic rings. The van der Waals surface area contributed by atoms with Crippen molar-refractivity contribution in [1.29, 1.82) is 0 Å². The van der Waals surface area contributed by atoms with Crippen LogP contribution in [0.5, 0.6) is 0 Å². The monoisotopic (exact) mass is 451 g/mol. The molecule has 0 spiro atoms. The van der Waals surface area contributed by atoms with Crippen LogP contribution in [0.25, 0.3) is 5.76 Å². The van der Waals surface area contributed by atoms with Crippen LogP contribution in [0, 0.1) is 5.82 Å². The highest BCUT2D eigenvalue weighted by Gasteiger charge is 2.47. The number of anilines is 1. The molecular formula is C23H15BrFNO3. The van der Waals surface area contributed by atoms with Crippen molar-refractivity contribution >= 4 is 39.1 Å². The van der Waals surface area contributed by atoms with Crippen molar-refractivity contribution in [2.24, 2.45) is 0 Å². The Morgan fingerprint density at radius 2 is 1.52 bits per heavy atom.